The molecule has 1 aromatic carbocycles. The minimum Gasteiger partial charge on any atom is -0.460 e. The Balaban J connectivity index is 1.73. The van der Waals surface area contributed by atoms with Gasteiger partial charge in [-0.05, 0) is 50.3 Å². The van der Waals surface area contributed by atoms with Crippen molar-refractivity contribution in [2.45, 2.75) is 62.5 Å². The maximum atomic E-state index is 12.2. The summed E-state index contributed by atoms with van der Waals surface area (Å²) in [6.07, 6.45) is -0.00970. The minimum atomic E-state index is -1.70. The second kappa shape index (κ2) is 7.75. The van der Waals surface area contributed by atoms with Crippen LogP contribution >= 0.6 is 11.8 Å². The van der Waals surface area contributed by atoms with Crippen LogP contribution in [0.4, 0.5) is 0 Å². The predicted octanol–water partition coefficient (Wildman–Crippen LogP) is 1.56. The lowest BCUT2D eigenvalue weighted by atomic mass is 9.48. The number of carbonyl (C=O) groups is 2. The van der Waals surface area contributed by atoms with Crippen molar-refractivity contribution < 1.29 is 24.5 Å². The van der Waals surface area contributed by atoms with Crippen molar-refractivity contribution in [1.82, 2.24) is 20.2 Å². The molecule has 2 N–H and O–H groups in total. The van der Waals surface area contributed by atoms with Crippen LogP contribution in [-0.2, 0) is 14.3 Å². The average molecular weight is 435 g/mol. The van der Waals surface area contributed by atoms with Gasteiger partial charge in [0.25, 0.3) is 0 Å². The Bertz CT molecular complexity index is 931. The number of esters is 1. The van der Waals surface area contributed by atoms with E-state index in [4.69, 9.17) is 4.74 Å². The van der Waals surface area contributed by atoms with E-state index in [0.717, 1.165) is 5.69 Å². The highest BCUT2D eigenvalue weighted by Crippen LogP contribution is 2.59. The molecule has 1 unspecified atom stereocenters. The molecule has 0 saturated heterocycles. The fourth-order valence-corrected chi connectivity index (χ4v) is 4.77. The van der Waals surface area contributed by atoms with Crippen molar-refractivity contribution in [2.24, 2.45) is 5.41 Å². The molecule has 3 rings (SSSR count). The van der Waals surface area contributed by atoms with Gasteiger partial charge in [0.1, 0.15) is 11.9 Å². The number of rotatable bonds is 7. The van der Waals surface area contributed by atoms with Crippen molar-refractivity contribution in [3.63, 3.8) is 0 Å². The predicted molar refractivity (Wildman–Crippen MR) is 109 cm³/mol. The lowest BCUT2D eigenvalue weighted by Crippen LogP contribution is -2.75. The van der Waals surface area contributed by atoms with Crippen LogP contribution in [0.2, 0.25) is 0 Å². The van der Waals surface area contributed by atoms with Gasteiger partial charge >= 0.3 is 5.97 Å². The van der Waals surface area contributed by atoms with Gasteiger partial charge in [0.05, 0.1) is 28.7 Å². The first kappa shape index (κ1) is 22.4. The van der Waals surface area contributed by atoms with E-state index in [1.165, 1.54) is 23.4 Å². The zero-order chi connectivity index (χ0) is 22.2. The van der Waals surface area contributed by atoms with Gasteiger partial charge in [-0.25, -0.2) is 0 Å². The molecule has 0 radical (unpaired) electrons. The van der Waals surface area contributed by atoms with Gasteiger partial charge in [-0.2, -0.15) is 4.68 Å². The highest BCUT2D eigenvalue weighted by Gasteiger charge is 2.71. The molecule has 1 aliphatic carbocycles. The molecule has 1 saturated carbocycles. The average Bonchev–Trinajstić information content (AvgIpc) is 3.13. The van der Waals surface area contributed by atoms with E-state index < -0.39 is 28.2 Å². The third-order valence-electron chi connectivity index (χ3n) is 5.49. The Morgan fingerprint density at radius 2 is 1.93 bits per heavy atom. The first-order chi connectivity index (χ1) is 13.9. The number of aliphatic hydroxyl groups is 2. The molecule has 1 fully saturated rings. The van der Waals surface area contributed by atoms with Crippen molar-refractivity contribution in [3.05, 3.63) is 30.3 Å². The smallest absolute Gasteiger partial charge is 0.309 e. The Morgan fingerprint density at radius 1 is 1.27 bits per heavy atom. The lowest BCUT2D eigenvalue weighted by Gasteiger charge is -2.62. The van der Waals surface area contributed by atoms with Gasteiger partial charge in [-0.15, -0.1) is 5.10 Å². The highest BCUT2D eigenvalue weighted by atomic mass is 32.2. The molecular weight excluding hydrogens is 408 g/mol. The van der Waals surface area contributed by atoms with Crippen molar-refractivity contribution in [2.75, 3.05) is 5.75 Å². The molecule has 3 atom stereocenters. The van der Waals surface area contributed by atoms with Crippen LogP contribution in [0, 0.1) is 5.41 Å². The van der Waals surface area contributed by atoms with E-state index in [0.29, 0.717) is 11.4 Å². The molecule has 0 spiro atoms. The summed E-state index contributed by atoms with van der Waals surface area (Å²) < 4.78 is 6.79. The number of aldehydes is 1. The molecule has 162 valence electrons. The topological polar surface area (TPSA) is 127 Å². The number of nitrogens with zero attached hydrogens (tertiary/aromatic N) is 4. The second-order valence-corrected chi connectivity index (χ2v) is 9.76. The molecule has 0 aliphatic heterocycles. The Labute approximate surface area is 178 Å². The van der Waals surface area contributed by atoms with Crippen molar-refractivity contribution in [1.29, 1.82) is 0 Å². The molecule has 30 heavy (non-hydrogen) atoms. The summed E-state index contributed by atoms with van der Waals surface area (Å²) in [6, 6.07) is 9.26. The van der Waals surface area contributed by atoms with Gasteiger partial charge in [0, 0.05) is 12.2 Å². The van der Waals surface area contributed by atoms with E-state index in [2.05, 4.69) is 15.5 Å². The zero-order valence-electron chi connectivity index (χ0n) is 17.4. The summed E-state index contributed by atoms with van der Waals surface area (Å²) >= 11 is 1.17. The van der Waals surface area contributed by atoms with Crippen molar-refractivity contribution in [3.8, 4) is 5.69 Å². The summed E-state index contributed by atoms with van der Waals surface area (Å²) in [4.78, 5) is 24.1. The van der Waals surface area contributed by atoms with Crippen LogP contribution in [0.15, 0.2) is 35.5 Å². The largest absolute Gasteiger partial charge is 0.460 e. The Kier molecular flexibility index (Phi) is 5.78. The number of aromatic nitrogens is 4. The van der Waals surface area contributed by atoms with Gasteiger partial charge in [-0.3, -0.25) is 4.79 Å². The van der Waals surface area contributed by atoms with Crippen LogP contribution in [0.3, 0.4) is 0 Å². The second-order valence-electron chi connectivity index (χ2n) is 8.82. The fraction of sp³-hybridized carbons (Fsp3) is 0.550. The molecule has 1 aliphatic rings. The molecule has 0 bridgehead atoms. The summed E-state index contributed by atoms with van der Waals surface area (Å²) in [5.41, 5.74) is -4.74. The number of para-hydroxylation sites is 1. The SMILES string of the molecule is CC(C)(C)OC(=O)C[C@]1(O)C[C@@](O)(CSc2nnnn2-c2ccccc2)C1(C)C=O. The lowest BCUT2D eigenvalue weighted by molar-refractivity contribution is -0.267. The molecule has 1 heterocycles. The summed E-state index contributed by atoms with van der Waals surface area (Å²) in [7, 11) is 0. The van der Waals surface area contributed by atoms with Crippen LogP contribution in [-0.4, -0.2) is 65.2 Å². The van der Waals surface area contributed by atoms with E-state index in [-0.39, 0.29) is 18.6 Å². The van der Waals surface area contributed by atoms with Gasteiger partial charge in [-0.1, -0.05) is 30.0 Å². The zero-order valence-corrected chi connectivity index (χ0v) is 18.2. The van der Waals surface area contributed by atoms with Crippen LogP contribution in [0.1, 0.15) is 40.5 Å². The minimum absolute atomic E-state index is 0.0616. The summed E-state index contributed by atoms with van der Waals surface area (Å²) in [5, 5.41) is 34.2. The molecule has 2 aromatic rings. The molecular formula is C20H26N4O5S. The van der Waals surface area contributed by atoms with Crippen LogP contribution in [0.5, 0.6) is 0 Å². The highest BCUT2D eigenvalue weighted by molar-refractivity contribution is 7.99. The Morgan fingerprint density at radius 3 is 2.53 bits per heavy atom. The van der Waals surface area contributed by atoms with Gasteiger partial charge in [0.15, 0.2) is 0 Å². The number of ether oxygens (including phenoxy) is 1. The van der Waals surface area contributed by atoms with E-state index in [1.54, 1.807) is 20.8 Å². The van der Waals surface area contributed by atoms with Crippen molar-refractivity contribution >= 4 is 24.0 Å². The third kappa shape index (κ3) is 3.99. The number of hydrogen-bond acceptors (Lipinski definition) is 9. The molecule has 9 nitrogen and oxygen atoms in total. The molecule has 1 aromatic heterocycles. The number of benzene rings is 1. The number of tetrazole rings is 1. The molecule has 0 amide bonds. The molecule has 10 heteroatoms. The maximum absolute atomic E-state index is 12.2. The third-order valence-corrected chi connectivity index (χ3v) is 6.63. The van der Waals surface area contributed by atoms with Gasteiger partial charge < -0.3 is 19.7 Å². The van der Waals surface area contributed by atoms with E-state index in [1.807, 2.05) is 30.3 Å². The van der Waals surface area contributed by atoms with Crippen LogP contribution in [0.25, 0.3) is 5.69 Å². The number of carbonyl (C=O) groups excluding carboxylic acids is 2. The quantitative estimate of drug-likeness (QED) is 0.379. The number of thioether (sulfide) groups is 1. The standard InChI is InChI=1S/C20H26N4O5S/c1-17(2,3)29-15(26)10-19(27)11-20(28,18(19,4)12-25)13-30-16-21-22-23-24(16)14-8-6-5-7-9-14/h5-9,12,27-28H,10-11,13H2,1-4H3/t18?,19-,20+/m0/s1. The monoisotopic (exact) mass is 434 g/mol. The normalized spacial score (nSPS) is 28.6. The fourth-order valence-electron chi connectivity index (χ4n) is 3.64. The number of hydrogen-bond donors (Lipinski definition) is 2. The summed E-state index contributed by atoms with van der Waals surface area (Å²) in [5.74, 6) is -0.563. The van der Waals surface area contributed by atoms with Gasteiger partial charge in [0.2, 0.25) is 5.16 Å². The van der Waals surface area contributed by atoms with E-state index >= 15 is 0 Å². The summed E-state index contributed by atoms with van der Waals surface area (Å²) in [6.45, 7) is 6.62. The Hall–Kier alpha value is -2.30. The maximum Gasteiger partial charge on any atom is 0.309 e. The first-order valence-electron chi connectivity index (χ1n) is 9.53. The van der Waals surface area contributed by atoms with Crippen LogP contribution < -0.4 is 0 Å². The first-order valence-corrected chi connectivity index (χ1v) is 10.5. The van der Waals surface area contributed by atoms with E-state index in [9.17, 15) is 19.8 Å².